The molecule has 0 saturated carbocycles. The van der Waals surface area contributed by atoms with Crippen LogP contribution in [0.4, 0.5) is 0 Å². The number of pyridine rings is 1. The van der Waals surface area contributed by atoms with Crippen molar-refractivity contribution in [3.05, 3.63) is 28.5 Å². The molecule has 2 rings (SSSR count). The van der Waals surface area contributed by atoms with Crippen molar-refractivity contribution in [2.24, 2.45) is 5.92 Å². The molecule has 0 N–H and O–H groups in total. The number of hydrogen-bond acceptors (Lipinski definition) is 3. The van der Waals surface area contributed by atoms with Crippen LogP contribution in [0.1, 0.15) is 36.3 Å². The van der Waals surface area contributed by atoms with Crippen LogP contribution in [0.15, 0.2) is 12.1 Å². The van der Waals surface area contributed by atoms with Crippen LogP contribution in [0.2, 0.25) is 5.15 Å². The zero-order valence-electron chi connectivity index (χ0n) is 12.1. The van der Waals surface area contributed by atoms with Gasteiger partial charge in [-0.05, 0) is 31.9 Å². The van der Waals surface area contributed by atoms with Gasteiger partial charge in [-0.25, -0.2) is 4.98 Å². The number of halogens is 1. The Kier molecular flexibility index (Phi) is 5.38. The Hall–Kier alpha value is -1.13. The maximum Gasteiger partial charge on any atom is 0.254 e. The van der Waals surface area contributed by atoms with Crippen molar-refractivity contribution in [2.45, 2.75) is 26.7 Å². The van der Waals surface area contributed by atoms with Gasteiger partial charge in [0, 0.05) is 36.9 Å². The Labute approximate surface area is 125 Å². The molecule has 1 aliphatic heterocycles. The van der Waals surface area contributed by atoms with Crippen molar-refractivity contribution >= 4 is 17.5 Å². The second kappa shape index (κ2) is 7.04. The van der Waals surface area contributed by atoms with E-state index in [2.05, 4.69) is 4.98 Å². The van der Waals surface area contributed by atoms with Crippen LogP contribution in [0.25, 0.3) is 0 Å². The predicted octanol–water partition coefficient (Wildman–Crippen LogP) is 2.80. The van der Waals surface area contributed by atoms with Gasteiger partial charge in [-0.2, -0.15) is 0 Å². The molecule has 110 valence electrons. The van der Waals surface area contributed by atoms with Crippen molar-refractivity contribution < 1.29 is 9.53 Å². The zero-order chi connectivity index (χ0) is 14.5. The molecule has 1 atom stereocenters. The molecule has 2 heterocycles. The highest BCUT2D eigenvalue weighted by Gasteiger charge is 2.22. The molecule has 1 unspecified atom stereocenters. The van der Waals surface area contributed by atoms with Crippen molar-refractivity contribution in [3.63, 3.8) is 0 Å². The van der Waals surface area contributed by atoms with Gasteiger partial charge in [-0.15, -0.1) is 0 Å². The van der Waals surface area contributed by atoms with Crippen LogP contribution in [0, 0.1) is 5.92 Å². The highest BCUT2D eigenvalue weighted by Crippen LogP contribution is 2.17. The van der Waals surface area contributed by atoms with Crippen LogP contribution in [-0.4, -0.2) is 42.1 Å². The quantitative estimate of drug-likeness (QED) is 0.785. The first-order valence-corrected chi connectivity index (χ1v) is 7.55. The Morgan fingerprint density at radius 2 is 2.30 bits per heavy atom. The van der Waals surface area contributed by atoms with Gasteiger partial charge in [-0.1, -0.05) is 18.5 Å². The number of ether oxygens (including phenoxy) is 1. The fraction of sp³-hybridized carbons (Fsp3) is 0.600. The fourth-order valence-corrected chi connectivity index (χ4v) is 2.66. The molecule has 1 aromatic rings. The summed E-state index contributed by atoms with van der Waals surface area (Å²) in [4.78, 5) is 18.6. The molecule has 0 spiro atoms. The van der Waals surface area contributed by atoms with E-state index in [1.165, 1.54) is 0 Å². The van der Waals surface area contributed by atoms with Crippen LogP contribution < -0.4 is 0 Å². The predicted molar refractivity (Wildman–Crippen MR) is 79.1 cm³/mol. The molecule has 1 aromatic heterocycles. The smallest absolute Gasteiger partial charge is 0.254 e. The van der Waals surface area contributed by atoms with Crippen molar-refractivity contribution in [1.29, 1.82) is 0 Å². The Bertz CT molecular complexity index is 473. The first-order chi connectivity index (χ1) is 9.63. The summed E-state index contributed by atoms with van der Waals surface area (Å²) >= 11 is 5.99. The molecule has 1 saturated heterocycles. The largest absolute Gasteiger partial charge is 0.381 e. The lowest BCUT2D eigenvalue weighted by molar-refractivity contribution is 0.0730. The third-order valence-corrected chi connectivity index (χ3v) is 3.82. The van der Waals surface area contributed by atoms with Crippen molar-refractivity contribution in [1.82, 2.24) is 9.88 Å². The molecule has 1 fully saturated rings. The van der Waals surface area contributed by atoms with E-state index in [4.69, 9.17) is 16.3 Å². The van der Waals surface area contributed by atoms with Crippen molar-refractivity contribution in [2.75, 3.05) is 26.3 Å². The normalized spacial score (nSPS) is 18.2. The second-order valence-electron chi connectivity index (χ2n) is 5.10. The summed E-state index contributed by atoms with van der Waals surface area (Å²) in [6.07, 6.45) is 1.80. The standard InChI is InChI=1S/C15H21ClN2O2/c1-3-13-7-12(8-14(16)17-13)15(19)18(4-2)9-11-5-6-20-10-11/h7-8,11H,3-6,9-10H2,1-2H3. The average Bonchev–Trinajstić information content (AvgIpc) is 2.96. The number of carbonyl (C=O) groups is 1. The molecule has 1 amide bonds. The van der Waals surface area contributed by atoms with Gasteiger partial charge in [0.2, 0.25) is 0 Å². The molecular weight excluding hydrogens is 276 g/mol. The SMILES string of the molecule is CCc1cc(C(=O)N(CC)CC2CCOC2)cc(Cl)n1. The average molecular weight is 297 g/mol. The molecule has 0 aliphatic carbocycles. The van der Waals surface area contributed by atoms with Gasteiger partial charge >= 0.3 is 0 Å². The van der Waals surface area contributed by atoms with Crippen LogP contribution in [-0.2, 0) is 11.2 Å². The highest BCUT2D eigenvalue weighted by molar-refractivity contribution is 6.29. The summed E-state index contributed by atoms with van der Waals surface area (Å²) in [5.74, 6) is 0.472. The summed E-state index contributed by atoms with van der Waals surface area (Å²) < 4.78 is 5.37. The number of nitrogens with zero attached hydrogens (tertiary/aromatic N) is 2. The summed E-state index contributed by atoms with van der Waals surface area (Å²) in [6.45, 7) is 6.99. The van der Waals surface area contributed by atoms with E-state index >= 15 is 0 Å². The highest BCUT2D eigenvalue weighted by atomic mass is 35.5. The van der Waals surface area contributed by atoms with E-state index in [9.17, 15) is 4.79 Å². The Morgan fingerprint density at radius 3 is 2.90 bits per heavy atom. The van der Waals surface area contributed by atoms with E-state index in [1.807, 2.05) is 24.8 Å². The Balaban J connectivity index is 2.12. The number of amides is 1. The first kappa shape index (κ1) is 15.3. The van der Waals surface area contributed by atoms with Crippen LogP contribution >= 0.6 is 11.6 Å². The van der Waals surface area contributed by atoms with E-state index in [-0.39, 0.29) is 5.91 Å². The monoisotopic (exact) mass is 296 g/mol. The van der Waals surface area contributed by atoms with Gasteiger partial charge in [-0.3, -0.25) is 4.79 Å². The van der Waals surface area contributed by atoms with E-state index < -0.39 is 0 Å². The zero-order valence-corrected chi connectivity index (χ0v) is 12.8. The topological polar surface area (TPSA) is 42.4 Å². The number of hydrogen-bond donors (Lipinski definition) is 0. The number of aromatic nitrogens is 1. The van der Waals surface area contributed by atoms with Crippen LogP contribution in [0.5, 0.6) is 0 Å². The summed E-state index contributed by atoms with van der Waals surface area (Å²) in [6, 6.07) is 3.48. The van der Waals surface area contributed by atoms with Crippen LogP contribution in [0.3, 0.4) is 0 Å². The molecular formula is C15H21ClN2O2. The minimum atomic E-state index is 0.0263. The van der Waals surface area contributed by atoms with E-state index in [1.54, 1.807) is 6.07 Å². The fourth-order valence-electron chi connectivity index (χ4n) is 2.43. The van der Waals surface area contributed by atoms with Gasteiger partial charge < -0.3 is 9.64 Å². The molecule has 4 nitrogen and oxygen atoms in total. The van der Waals surface area contributed by atoms with Gasteiger partial charge in [0.15, 0.2) is 0 Å². The lowest BCUT2D eigenvalue weighted by atomic mass is 10.1. The molecule has 1 aliphatic rings. The lowest BCUT2D eigenvalue weighted by Gasteiger charge is -2.24. The molecule has 5 heteroatoms. The Morgan fingerprint density at radius 1 is 1.50 bits per heavy atom. The molecule has 0 bridgehead atoms. The number of rotatable bonds is 5. The summed E-state index contributed by atoms with van der Waals surface area (Å²) in [5, 5.41) is 0.382. The maximum atomic E-state index is 12.6. The lowest BCUT2D eigenvalue weighted by Crippen LogP contribution is -2.35. The molecule has 0 aromatic carbocycles. The van der Waals surface area contributed by atoms with E-state index in [0.717, 1.165) is 38.3 Å². The number of carbonyl (C=O) groups excluding carboxylic acids is 1. The maximum absolute atomic E-state index is 12.6. The summed E-state index contributed by atoms with van der Waals surface area (Å²) in [7, 11) is 0. The van der Waals surface area contributed by atoms with Gasteiger partial charge in [0.1, 0.15) is 5.15 Å². The summed E-state index contributed by atoms with van der Waals surface area (Å²) in [5.41, 5.74) is 1.48. The van der Waals surface area contributed by atoms with E-state index in [0.29, 0.717) is 23.2 Å². The van der Waals surface area contributed by atoms with Gasteiger partial charge in [0.05, 0.1) is 6.61 Å². The second-order valence-corrected chi connectivity index (χ2v) is 5.48. The van der Waals surface area contributed by atoms with Gasteiger partial charge in [0.25, 0.3) is 5.91 Å². The molecule has 20 heavy (non-hydrogen) atoms. The minimum absolute atomic E-state index is 0.0263. The first-order valence-electron chi connectivity index (χ1n) is 7.17. The van der Waals surface area contributed by atoms with Crippen molar-refractivity contribution in [3.8, 4) is 0 Å². The number of aryl methyl sites for hydroxylation is 1. The minimum Gasteiger partial charge on any atom is -0.381 e. The third kappa shape index (κ3) is 3.70. The third-order valence-electron chi connectivity index (χ3n) is 3.63. The molecule has 0 radical (unpaired) electrons.